The molecule has 1 aromatic rings. The van der Waals surface area contributed by atoms with Crippen molar-refractivity contribution < 1.29 is 13.5 Å². The molecule has 2 N–H and O–H groups in total. The lowest BCUT2D eigenvalue weighted by Gasteiger charge is -2.34. The van der Waals surface area contributed by atoms with Crippen LogP contribution < -0.4 is 5.43 Å². The van der Waals surface area contributed by atoms with E-state index in [-0.39, 0.29) is 18.0 Å². The predicted octanol–water partition coefficient (Wildman–Crippen LogP) is -0.0896. The SMILES string of the molecule is CC1(O)CCN(S(=O)(=O)c2c[nH]ccc2=O)CC1. The lowest BCUT2D eigenvalue weighted by Crippen LogP contribution is -2.45. The molecule has 0 aromatic carbocycles. The molecule has 1 aliphatic rings. The fraction of sp³-hybridized carbons (Fsp3) is 0.545. The van der Waals surface area contributed by atoms with Crippen molar-refractivity contribution in [2.24, 2.45) is 0 Å². The molecule has 6 nitrogen and oxygen atoms in total. The summed E-state index contributed by atoms with van der Waals surface area (Å²) in [6, 6.07) is 1.19. The molecule has 1 aliphatic heterocycles. The topological polar surface area (TPSA) is 90.5 Å². The molecule has 0 radical (unpaired) electrons. The third-order valence-corrected chi connectivity index (χ3v) is 5.13. The zero-order valence-corrected chi connectivity index (χ0v) is 10.9. The summed E-state index contributed by atoms with van der Waals surface area (Å²) in [5.41, 5.74) is -1.35. The number of nitrogens with zero attached hydrogens (tertiary/aromatic N) is 1. The summed E-state index contributed by atoms with van der Waals surface area (Å²) in [4.78, 5) is 13.9. The van der Waals surface area contributed by atoms with Crippen molar-refractivity contribution in [1.82, 2.24) is 9.29 Å². The molecule has 1 fully saturated rings. The number of hydrogen-bond donors (Lipinski definition) is 2. The van der Waals surface area contributed by atoms with Crippen molar-refractivity contribution in [2.75, 3.05) is 13.1 Å². The average molecular weight is 272 g/mol. The van der Waals surface area contributed by atoms with Gasteiger partial charge in [-0.05, 0) is 19.8 Å². The van der Waals surface area contributed by atoms with E-state index in [4.69, 9.17) is 0 Å². The van der Waals surface area contributed by atoms with Crippen molar-refractivity contribution in [3.8, 4) is 0 Å². The molecule has 0 atom stereocenters. The van der Waals surface area contributed by atoms with Gasteiger partial charge in [-0.15, -0.1) is 0 Å². The van der Waals surface area contributed by atoms with Crippen LogP contribution in [-0.4, -0.2) is 41.5 Å². The smallest absolute Gasteiger partial charge is 0.248 e. The molecule has 0 unspecified atom stereocenters. The molecule has 1 aromatic heterocycles. The van der Waals surface area contributed by atoms with E-state index in [0.717, 1.165) is 0 Å². The molecule has 0 spiro atoms. The normalized spacial score (nSPS) is 20.8. The number of pyridine rings is 1. The number of piperidine rings is 1. The molecule has 100 valence electrons. The minimum Gasteiger partial charge on any atom is -0.390 e. The highest BCUT2D eigenvalue weighted by molar-refractivity contribution is 7.89. The molecule has 0 saturated carbocycles. The van der Waals surface area contributed by atoms with E-state index in [1.807, 2.05) is 0 Å². The molecule has 0 aliphatic carbocycles. The zero-order chi connectivity index (χ0) is 13.4. The summed E-state index contributed by atoms with van der Waals surface area (Å²) in [5, 5.41) is 9.79. The average Bonchev–Trinajstić information content (AvgIpc) is 2.28. The maximum Gasteiger partial charge on any atom is 0.248 e. The Morgan fingerprint density at radius 1 is 1.39 bits per heavy atom. The van der Waals surface area contributed by atoms with E-state index >= 15 is 0 Å². The molecular weight excluding hydrogens is 256 g/mol. The first-order valence-corrected chi connectivity index (χ1v) is 7.17. The molecule has 1 saturated heterocycles. The molecule has 2 rings (SSSR count). The van der Waals surface area contributed by atoms with E-state index in [0.29, 0.717) is 12.8 Å². The van der Waals surface area contributed by atoms with Crippen LogP contribution in [0.5, 0.6) is 0 Å². The van der Waals surface area contributed by atoms with Crippen LogP contribution >= 0.6 is 0 Å². The molecular formula is C11H16N2O4S. The second-order valence-electron chi connectivity index (χ2n) is 4.77. The Balaban J connectivity index is 2.29. The summed E-state index contributed by atoms with van der Waals surface area (Å²) < 4.78 is 25.7. The van der Waals surface area contributed by atoms with Gasteiger partial charge in [0.2, 0.25) is 15.5 Å². The molecule has 0 amide bonds. The van der Waals surface area contributed by atoms with Crippen LogP contribution in [-0.2, 0) is 10.0 Å². The first kappa shape index (κ1) is 13.3. The maximum atomic E-state index is 12.2. The number of aliphatic hydroxyl groups is 1. The summed E-state index contributed by atoms with van der Waals surface area (Å²) in [6.07, 6.45) is 3.33. The van der Waals surface area contributed by atoms with Crippen LogP contribution in [0.25, 0.3) is 0 Å². The zero-order valence-electron chi connectivity index (χ0n) is 10.1. The lowest BCUT2D eigenvalue weighted by atomic mass is 9.95. The van der Waals surface area contributed by atoms with Crippen molar-refractivity contribution in [1.29, 1.82) is 0 Å². The van der Waals surface area contributed by atoms with Crippen molar-refractivity contribution in [2.45, 2.75) is 30.3 Å². The third kappa shape index (κ3) is 2.47. The van der Waals surface area contributed by atoms with Gasteiger partial charge in [-0.3, -0.25) is 4.79 Å². The maximum absolute atomic E-state index is 12.2. The second-order valence-corrected chi connectivity index (χ2v) is 6.68. The Bertz CT molecular complexity index is 581. The van der Waals surface area contributed by atoms with E-state index in [1.165, 1.54) is 22.8 Å². The quantitative estimate of drug-likeness (QED) is 0.787. The van der Waals surface area contributed by atoms with Crippen LogP contribution in [0, 0.1) is 0 Å². The molecule has 0 bridgehead atoms. The Labute approximate surface area is 105 Å². The number of aromatic nitrogens is 1. The van der Waals surface area contributed by atoms with Crippen LogP contribution in [0.3, 0.4) is 0 Å². The Hall–Kier alpha value is -1.18. The fourth-order valence-electron chi connectivity index (χ4n) is 1.95. The fourth-order valence-corrected chi connectivity index (χ4v) is 3.43. The summed E-state index contributed by atoms with van der Waals surface area (Å²) >= 11 is 0. The van der Waals surface area contributed by atoms with Gasteiger partial charge < -0.3 is 10.1 Å². The van der Waals surface area contributed by atoms with Gasteiger partial charge in [0, 0.05) is 31.5 Å². The minimum absolute atomic E-state index is 0.226. The Morgan fingerprint density at radius 3 is 2.56 bits per heavy atom. The predicted molar refractivity (Wildman–Crippen MR) is 65.7 cm³/mol. The molecule has 2 heterocycles. The third-order valence-electron chi connectivity index (χ3n) is 3.21. The van der Waals surface area contributed by atoms with E-state index in [2.05, 4.69) is 4.98 Å². The van der Waals surface area contributed by atoms with E-state index < -0.39 is 21.1 Å². The van der Waals surface area contributed by atoms with Crippen LogP contribution in [0.2, 0.25) is 0 Å². The number of nitrogens with one attached hydrogen (secondary N) is 1. The van der Waals surface area contributed by atoms with Gasteiger partial charge >= 0.3 is 0 Å². The Kier molecular flexibility index (Phi) is 3.31. The van der Waals surface area contributed by atoms with Gasteiger partial charge in [-0.1, -0.05) is 0 Å². The second kappa shape index (κ2) is 4.49. The highest BCUT2D eigenvalue weighted by atomic mass is 32.2. The van der Waals surface area contributed by atoms with Gasteiger partial charge in [-0.25, -0.2) is 8.42 Å². The van der Waals surface area contributed by atoms with Crippen molar-refractivity contribution >= 4 is 10.0 Å². The van der Waals surface area contributed by atoms with Crippen LogP contribution in [0.1, 0.15) is 19.8 Å². The minimum atomic E-state index is -3.76. The number of hydrogen-bond acceptors (Lipinski definition) is 4. The van der Waals surface area contributed by atoms with Gasteiger partial charge in [-0.2, -0.15) is 4.31 Å². The van der Waals surface area contributed by atoms with E-state index in [1.54, 1.807) is 6.92 Å². The first-order valence-electron chi connectivity index (χ1n) is 5.73. The number of rotatable bonds is 2. The number of H-pyrrole nitrogens is 1. The largest absolute Gasteiger partial charge is 0.390 e. The highest BCUT2D eigenvalue weighted by Crippen LogP contribution is 2.24. The summed E-state index contributed by atoms with van der Waals surface area (Å²) in [7, 11) is -3.76. The van der Waals surface area contributed by atoms with Crippen molar-refractivity contribution in [3.05, 3.63) is 28.7 Å². The first-order chi connectivity index (χ1) is 8.33. The summed E-state index contributed by atoms with van der Waals surface area (Å²) in [6.45, 7) is 2.14. The lowest BCUT2D eigenvalue weighted by molar-refractivity contribution is 0.0126. The van der Waals surface area contributed by atoms with E-state index in [9.17, 15) is 18.3 Å². The molecule has 18 heavy (non-hydrogen) atoms. The highest BCUT2D eigenvalue weighted by Gasteiger charge is 2.34. The van der Waals surface area contributed by atoms with Crippen molar-refractivity contribution in [3.63, 3.8) is 0 Å². The number of aromatic amines is 1. The summed E-state index contributed by atoms with van der Waals surface area (Å²) in [5.74, 6) is 0. The van der Waals surface area contributed by atoms with Gasteiger partial charge in [0.1, 0.15) is 4.90 Å². The Morgan fingerprint density at radius 2 is 2.00 bits per heavy atom. The standard InChI is InChI=1S/C11H16N2O4S/c1-11(15)3-6-13(7-4-11)18(16,17)10-8-12-5-2-9(10)14/h2,5,8,15H,3-4,6-7H2,1H3,(H,12,14). The van der Waals surface area contributed by atoms with Gasteiger partial charge in [0.25, 0.3) is 0 Å². The van der Waals surface area contributed by atoms with Crippen LogP contribution in [0.4, 0.5) is 0 Å². The van der Waals surface area contributed by atoms with Crippen LogP contribution in [0.15, 0.2) is 28.2 Å². The number of sulfonamides is 1. The molecule has 7 heteroatoms. The van der Waals surface area contributed by atoms with Gasteiger partial charge in [0.15, 0.2) is 0 Å². The monoisotopic (exact) mass is 272 g/mol. The van der Waals surface area contributed by atoms with Gasteiger partial charge in [0.05, 0.1) is 5.60 Å².